The summed E-state index contributed by atoms with van der Waals surface area (Å²) in [6.07, 6.45) is 5.70. The second-order valence-electron chi connectivity index (χ2n) is 18.0. The Bertz CT molecular complexity index is 1960. The number of hydrogen-bond donors (Lipinski definition) is 3. The van der Waals surface area contributed by atoms with E-state index in [-0.39, 0.29) is 36.8 Å². The van der Waals surface area contributed by atoms with Gasteiger partial charge in [-0.2, -0.15) is 0 Å². The highest BCUT2D eigenvalue weighted by atomic mass is 16.6. The molecule has 12 heteroatoms. The number of esters is 1. The van der Waals surface area contributed by atoms with E-state index in [1.165, 1.54) is 0 Å². The first-order valence-electron chi connectivity index (χ1n) is 22.2. The number of nitrogens with one attached hydrogen (secondary N) is 3. The van der Waals surface area contributed by atoms with Crippen molar-refractivity contribution in [2.24, 2.45) is 11.8 Å². The molecule has 3 N–H and O–H groups in total. The molecule has 0 saturated carbocycles. The van der Waals surface area contributed by atoms with Crippen LogP contribution in [0.4, 0.5) is 9.59 Å². The van der Waals surface area contributed by atoms with E-state index >= 15 is 0 Å². The van der Waals surface area contributed by atoms with Crippen LogP contribution >= 0.6 is 0 Å². The maximum atomic E-state index is 14.4. The van der Waals surface area contributed by atoms with Gasteiger partial charge in [-0.3, -0.25) is 9.59 Å². The lowest BCUT2D eigenvalue weighted by atomic mass is 9.95. The number of benzene rings is 3. The highest BCUT2D eigenvalue weighted by Crippen LogP contribution is 2.44. The van der Waals surface area contributed by atoms with E-state index in [2.05, 4.69) is 54.1 Å². The van der Waals surface area contributed by atoms with Crippen molar-refractivity contribution in [3.05, 3.63) is 108 Å². The number of carbonyl (C=O) groups excluding carboxylic acids is 5. The molecular weight excluding hydrogens is 785 g/mol. The first-order chi connectivity index (χ1) is 29.6. The van der Waals surface area contributed by atoms with Crippen LogP contribution in [-0.2, 0) is 35.0 Å². The van der Waals surface area contributed by atoms with Gasteiger partial charge in [-0.05, 0) is 113 Å². The molecule has 62 heavy (non-hydrogen) atoms. The number of alkyl carbamates (subject to hydrolysis) is 2. The fraction of sp³-hybridized carbons (Fsp3) is 0.500. The molecule has 3 aromatic carbocycles. The Balaban J connectivity index is 1.18. The Kier molecular flexibility index (Phi) is 17.2. The Labute approximate surface area is 367 Å². The first kappa shape index (κ1) is 47.4. The van der Waals surface area contributed by atoms with Crippen molar-refractivity contribution in [3.8, 4) is 11.1 Å². The molecule has 1 heterocycles. The Morgan fingerprint density at radius 3 is 2.08 bits per heavy atom. The molecule has 4 amide bonds. The number of nitrogens with zero attached hydrogens (tertiary/aromatic N) is 1. The number of amides is 4. The highest BCUT2D eigenvalue weighted by molar-refractivity contribution is 5.92. The number of fused-ring (bicyclic) bond motifs is 3. The van der Waals surface area contributed by atoms with Crippen LogP contribution in [0, 0.1) is 11.8 Å². The first-order valence-corrected chi connectivity index (χ1v) is 22.2. The molecule has 3 aromatic rings. The largest absolute Gasteiger partial charge is 0.461 e. The van der Waals surface area contributed by atoms with Crippen molar-refractivity contribution >= 4 is 30.0 Å². The number of rotatable bonds is 19. The minimum absolute atomic E-state index is 0.0445. The number of carbonyl (C=O) groups is 5. The van der Waals surface area contributed by atoms with Gasteiger partial charge in [0, 0.05) is 19.0 Å². The molecule has 0 aromatic heterocycles. The maximum absolute atomic E-state index is 14.4. The van der Waals surface area contributed by atoms with E-state index in [9.17, 15) is 24.0 Å². The van der Waals surface area contributed by atoms with E-state index in [4.69, 9.17) is 14.2 Å². The number of likely N-dealkylation sites (tertiary alicyclic amines) is 1. The maximum Gasteiger partial charge on any atom is 0.408 e. The fourth-order valence-corrected chi connectivity index (χ4v) is 8.19. The lowest BCUT2D eigenvalue weighted by Crippen LogP contribution is -2.52. The summed E-state index contributed by atoms with van der Waals surface area (Å²) in [6, 6.07) is 23.9. The second-order valence-corrected chi connectivity index (χ2v) is 18.0. The van der Waals surface area contributed by atoms with Gasteiger partial charge in [0.2, 0.25) is 11.8 Å². The molecule has 1 saturated heterocycles. The molecule has 5 rings (SSSR count). The molecule has 1 fully saturated rings. The van der Waals surface area contributed by atoms with Crippen LogP contribution in [0.1, 0.15) is 110 Å². The van der Waals surface area contributed by atoms with Crippen molar-refractivity contribution < 1.29 is 38.2 Å². The average Bonchev–Trinajstić information content (AvgIpc) is 3.83. The molecule has 0 radical (unpaired) electrons. The standard InChI is InChI=1S/C50H66N4O8/c1-33(2)30-37(52-49(59)62-50(5,6)7)27-26-36(31-35-18-9-8-10-19-35)46(56)54-29-17-25-44(54)45(55)53-43(47(57)61-34(3)4)24-15-16-28-51-48(58)60-32-42-40-22-13-11-20-38(40)39-21-12-14-23-41(39)42/h8-14,18-23,26-27,33-34,36-37,42-44H,15-17,24-25,28-32H2,1-7H3,(H,51,58)(H,52,59)(H,53,55)/b27-26+/t36-,37-,43-,44+/m1/s1. The molecular formula is C50H66N4O8. The normalized spacial score (nSPS) is 16.3. The topological polar surface area (TPSA) is 152 Å². The lowest BCUT2D eigenvalue weighted by molar-refractivity contribution is -0.152. The van der Waals surface area contributed by atoms with Gasteiger partial charge in [0.15, 0.2) is 0 Å². The Morgan fingerprint density at radius 2 is 1.45 bits per heavy atom. The lowest BCUT2D eigenvalue weighted by Gasteiger charge is -2.29. The molecule has 0 spiro atoms. The van der Waals surface area contributed by atoms with Gasteiger partial charge >= 0.3 is 18.2 Å². The van der Waals surface area contributed by atoms with Gasteiger partial charge in [0.25, 0.3) is 0 Å². The van der Waals surface area contributed by atoms with Gasteiger partial charge in [-0.25, -0.2) is 14.4 Å². The third-order valence-electron chi connectivity index (χ3n) is 10.9. The van der Waals surface area contributed by atoms with Crippen molar-refractivity contribution in [1.82, 2.24) is 20.9 Å². The second kappa shape index (κ2) is 22.4. The summed E-state index contributed by atoms with van der Waals surface area (Å²) < 4.78 is 16.7. The molecule has 4 atom stereocenters. The molecule has 1 aliphatic carbocycles. The molecule has 2 aliphatic rings. The summed E-state index contributed by atoms with van der Waals surface area (Å²) in [5, 5.41) is 8.69. The monoisotopic (exact) mass is 850 g/mol. The zero-order chi connectivity index (χ0) is 44.8. The third-order valence-corrected chi connectivity index (χ3v) is 10.9. The number of unbranched alkanes of at least 4 members (excludes halogenated alkanes) is 1. The zero-order valence-corrected chi connectivity index (χ0v) is 37.5. The van der Waals surface area contributed by atoms with Gasteiger partial charge in [-0.1, -0.05) is 105 Å². The van der Waals surface area contributed by atoms with Crippen molar-refractivity contribution in [1.29, 1.82) is 0 Å². The van der Waals surface area contributed by atoms with Gasteiger partial charge < -0.3 is 35.1 Å². The van der Waals surface area contributed by atoms with Crippen LogP contribution in [0.5, 0.6) is 0 Å². The van der Waals surface area contributed by atoms with Crippen LogP contribution in [0.3, 0.4) is 0 Å². The van der Waals surface area contributed by atoms with E-state index in [1.54, 1.807) is 18.7 Å². The summed E-state index contributed by atoms with van der Waals surface area (Å²) in [5.41, 5.74) is 4.88. The highest BCUT2D eigenvalue weighted by Gasteiger charge is 2.38. The zero-order valence-electron chi connectivity index (χ0n) is 37.5. The van der Waals surface area contributed by atoms with Crippen molar-refractivity contribution in [3.63, 3.8) is 0 Å². The van der Waals surface area contributed by atoms with E-state index in [0.29, 0.717) is 51.6 Å². The quantitative estimate of drug-likeness (QED) is 0.0470. The van der Waals surface area contributed by atoms with Gasteiger partial charge in [0.05, 0.1) is 18.1 Å². The predicted molar refractivity (Wildman–Crippen MR) is 240 cm³/mol. The molecule has 1 aliphatic heterocycles. The van der Waals surface area contributed by atoms with E-state index < -0.39 is 53.8 Å². The summed E-state index contributed by atoms with van der Waals surface area (Å²) in [5.74, 6) is -1.58. The molecule has 334 valence electrons. The summed E-state index contributed by atoms with van der Waals surface area (Å²) in [6.45, 7) is 14.0. The Hall–Kier alpha value is -5.65. The fourth-order valence-electron chi connectivity index (χ4n) is 8.19. The van der Waals surface area contributed by atoms with Crippen LogP contribution in [0.25, 0.3) is 11.1 Å². The van der Waals surface area contributed by atoms with Crippen LogP contribution < -0.4 is 16.0 Å². The van der Waals surface area contributed by atoms with E-state index in [1.807, 2.05) is 87.5 Å². The summed E-state index contributed by atoms with van der Waals surface area (Å²) in [7, 11) is 0. The summed E-state index contributed by atoms with van der Waals surface area (Å²) >= 11 is 0. The van der Waals surface area contributed by atoms with Crippen LogP contribution in [0.2, 0.25) is 0 Å². The Morgan fingerprint density at radius 1 is 0.806 bits per heavy atom. The minimum Gasteiger partial charge on any atom is -0.461 e. The SMILES string of the molecule is CC(C)C[C@@H](/C=C/[C@H](Cc1ccccc1)C(=O)N1CCC[C@H]1C(=O)N[C@H](CCCCNC(=O)OCC1c2ccccc2-c2ccccc21)C(=O)OC(C)C)NC(=O)OC(C)(C)C. The molecule has 12 nitrogen and oxygen atoms in total. The molecule has 0 unspecified atom stereocenters. The number of hydrogen-bond acceptors (Lipinski definition) is 8. The predicted octanol–water partition coefficient (Wildman–Crippen LogP) is 8.48. The molecule has 0 bridgehead atoms. The smallest absolute Gasteiger partial charge is 0.408 e. The summed E-state index contributed by atoms with van der Waals surface area (Å²) in [4.78, 5) is 68.9. The van der Waals surface area contributed by atoms with Crippen LogP contribution in [-0.4, -0.2) is 84.4 Å². The number of ether oxygens (including phenoxy) is 3. The van der Waals surface area contributed by atoms with E-state index in [0.717, 1.165) is 27.8 Å². The minimum atomic E-state index is -0.937. The van der Waals surface area contributed by atoms with Gasteiger partial charge in [-0.15, -0.1) is 0 Å². The van der Waals surface area contributed by atoms with Crippen molar-refractivity contribution in [2.45, 2.75) is 129 Å². The average molecular weight is 851 g/mol. The van der Waals surface area contributed by atoms with Crippen LogP contribution in [0.15, 0.2) is 91.0 Å². The van der Waals surface area contributed by atoms with Gasteiger partial charge in [0.1, 0.15) is 24.3 Å². The van der Waals surface area contributed by atoms with Crippen molar-refractivity contribution in [2.75, 3.05) is 19.7 Å². The third kappa shape index (κ3) is 13.9.